The fourth-order valence-electron chi connectivity index (χ4n) is 3.75. The first-order valence-corrected chi connectivity index (χ1v) is 10.1. The van der Waals surface area contributed by atoms with Crippen LogP contribution in [-0.4, -0.2) is 36.2 Å². The van der Waals surface area contributed by atoms with Gasteiger partial charge in [0.15, 0.2) is 0 Å². The molecule has 0 saturated carbocycles. The lowest BCUT2D eigenvalue weighted by Gasteiger charge is -2.29. The Bertz CT molecular complexity index is 736. The van der Waals surface area contributed by atoms with E-state index in [4.69, 9.17) is 27.9 Å². The molecule has 0 amide bonds. The summed E-state index contributed by atoms with van der Waals surface area (Å²) in [5.41, 5.74) is 2.18. The van der Waals surface area contributed by atoms with Gasteiger partial charge >= 0.3 is 0 Å². The zero-order chi connectivity index (χ0) is 19.3. The minimum atomic E-state index is -0.194. The zero-order valence-corrected chi connectivity index (χ0v) is 17.1. The van der Waals surface area contributed by atoms with E-state index in [1.165, 1.54) is 12.1 Å². The molecule has 0 aliphatic carbocycles. The Morgan fingerprint density at radius 1 is 1.19 bits per heavy atom. The van der Waals surface area contributed by atoms with Crippen molar-refractivity contribution in [1.82, 2.24) is 9.88 Å². The molecule has 1 atom stereocenters. The van der Waals surface area contributed by atoms with Crippen LogP contribution in [0.25, 0.3) is 0 Å². The van der Waals surface area contributed by atoms with Crippen molar-refractivity contribution in [2.24, 2.45) is 5.41 Å². The van der Waals surface area contributed by atoms with E-state index in [-0.39, 0.29) is 11.2 Å². The molecule has 146 valence electrons. The number of ether oxygens (including phenoxy) is 1. The number of aromatic nitrogens is 1. The summed E-state index contributed by atoms with van der Waals surface area (Å²) in [6.45, 7) is 6.09. The van der Waals surface area contributed by atoms with Crippen molar-refractivity contribution in [2.45, 2.75) is 32.7 Å². The molecule has 3 rings (SSSR count). The summed E-state index contributed by atoms with van der Waals surface area (Å²) in [5.74, 6) is -0.194. The van der Waals surface area contributed by atoms with Crippen LogP contribution in [0.5, 0.6) is 0 Å². The van der Waals surface area contributed by atoms with Gasteiger partial charge in [-0.25, -0.2) is 4.39 Å². The number of rotatable bonds is 8. The SMILES string of the molecule is CCOC[C@@]1(CCc2ccc(F)cc2)CCN(Cc2c(Cl)cncc2Cl)C1. The number of likely N-dealkylation sites (tertiary alicyclic amines) is 1. The van der Waals surface area contributed by atoms with Gasteiger partial charge in [0.05, 0.1) is 16.7 Å². The zero-order valence-electron chi connectivity index (χ0n) is 15.6. The van der Waals surface area contributed by atoms with Gasteiger partial charge in [-0.2, -0.15) is 0 Å². The lowest BCUT2D eigenvalue weighted by atomic mass is 9.82. The van der Waals surface area contributed by atoms with Gasteiger partial charge in [-0.05, 0) is 50.4 Å². The maximum Gasteiger partial charge on any atom is 0.123 e. The van der Waals surface area contributed by atoms with Crippen LogP contribution in [0, 0.1) is 11.2 Å². The molecule has 1 saturated heterocycles. The molecule has 3 nitrogen and oxygen atoms in total. The fourth-order valence-corrected chi connectivity index (χ4v) is 4.23. The van der Waals surface area contributed by atoms with Gasteiger partial charge in [-0.3, -0.25) is 9.88 Å². The molecule has 27 heavy (non-hydrogen) atoms. The largest absolute Gasteiger partial charge is 0.381 e. The van der Waals surface area contributed by atoms with Gasteiger partial charge in [0.1, 0.15) is 5.82 Å². The van der Waals surface area contributed by atoms with Gasteiger partial charge in [0.2, 0.25) is 0 Å². The second-order valence-electron chi connectivity index (χ2n) is 7.31. The van der Waals surface area contributed by atoms with Crippen LogP contribution in [0.3, 0.4) is 0 Å². The normalized spacial score (nSPS) is 20.3. The summed E-state index contributed by atoms with van der Waals surface area (Å²) < 4.78 is 19.0. The molecule has 0 radical (unpaired) electrons. The quantitative estimate of drug-likeness (QED) is 0.583. The molecule has 0 spiro atoms. The van der Waals surface area contributed by atoms with Crippen LogP contribution in [-0.2, 0) is 17.7 Å². The third-order valence-corrected chi connectivity index (χ3v) is 5.97. The minimum absolute atomic E-state index is 0.0936. The molecule has 0 N–H and O–H groups in total. The first-order valence-electron chi connectivity index (χ1n) is 9.34. The third-order valence-electron chi connectivity index (χ3n) is 5.32. The Morgan fingerprint density at radius 3 is 2.56 bits per heavy atom. The van der Waals surface area contributed by atoms with Gasteiger partial charge in [-0.1, -0.05) is 35.3 Å². The molecule has 0 unspecified atom stereocenters. The second-order valence-corrected chi connectivity index (χ2v) is 8.12. The number of hydrogen-bond donors (Lipinski definition) is 0. The molecule has 1 aromatic heterocycles. The number of aryl methyl sites for hydroxylation is 1. The van der Waals surface area contributed by atoms with Crippen LogP contribution < -0.4 is 0 Å². The molecule has 1 aromatic carbocycles. The monoisotopic (exact) mass is 410 g/mol. The average molecular weight is 411 g/mol. The van der Waals surface area contributed by atoms with Crippen molar-refractivity contribution in [3.8, 4) is 0 Å². The highest BCUT2D eigenvalue weighted by Gasteiger charge is 2.38. The summed E-state index contributed by atoms with van der Waals surface area (Å²) in [5, 5.41) is 1.22. The van der Waals surface area contributed by atoms with Crippen molar-refractivity contribution in [3.63, 3.8) is 0 Å². The summed E-state index contributed by atoms with van der Waals surface area (Å²) in [7, 11) is 0. The number of benzene rings is 1. The van der Waals surface area contributed by atoms with E-state index in [1.807, 2.05) is 19.1 Å². The molecule has 1 aliphatic heterocycles. The Hall–Kier alpha value is -1.20. The molecule has 1 fully saturated rings. The highest BCUT2D eigenvalue weighted by Crippen LogP contribution is 2.37. The molecular formula is C21H25Cl2FN2O. The Morgan fingerprint density at radius 2 is 1.89 bits per heavy atom. The summed E-state index contributed by atoms with van der Waals surface area (Å²) >= 11 is 12.6. The Balaban J connectivity index is 1.67. The summed E-state index contributed by atoms with van der Waals surface area (Å²) in [6, 6.07) is 6.79. The van der Waals surface area contributed by atoms with E-state index >= 15 is 0 Å². The van der Waals surface area contributed by atoms with Gasteiger partial charge in [-0.15, -0.1) is 0 Å². The predicted octanol–water partition coefficient (Wildman–Crippen LogP) is 5.39. The van der Waals surface area contributed by atoms with Gasteiger partial charge < -0.3 is 4.74 Å². The van der Waals surface area contributed by atoms with Crippen molar-refractivity contribution < 1.29 is 9.13 Å². The lowest BCUT2D eigenvalue weighted by molar-refractivity contribution is 0.0489. The number of hydrogen-bond acceptors (Lipinski definition) is 3. The van der Waals surface area contributed by atoms with Gasteiger partial charge in [0, 0.05) is 43.1 Å². The maximum atomic E-state index is 13.1. The summed E-state index contributed by atoms with van der Waals surface area (Å²) in [4.78, 5) is 6.41. The van der Waals surface area contributed by atoms with E-state index in [0.29, 0.717) is 23.2 Å². The molecule has 2 heterocycles. The highest BCUT2D eigenvalue weighted by atomic mass is 35.5. The van der Waals surface area contributed by atoms with Gasteiger partial charge in [0.25, 0.3) is 0 Å². The molecule has 0 bridgehead atoms. The second kappa shape index (κ2) is 9.33. The third kappa shape index (κ3) is 5.41. The fraction of sp³-hybridized carbons (Fsp3) is 0.476. The highest BCUT2D eigenvalue weighted by molar-refractivity contribution is 6.35. The van der Waals surface area contributed by atoms with E-state index in [2.05, 4.69) is 9.88 Å². The van der Waals surface area contributed by atoms with E-state index < -0.39 is 0 Å². The average Bonchev–Trinajstić information content (AvgIpc) is 3.06. The Labute approximate surface area is 170 Å². The first-order chi connectivity index (χ1) is 13.0. The van der Waals surface area contributed by atoms with Crippen LogP contribution in [0.2, 0.25) is 10.0 Å². The molecule has 6 heteroatoms. The van der Waals surface area contributed by atoms with Crippen molar-refractivity contribution in [3.05, 3.63) is 63.6 Å². The molecule has 1 aliphatic rings. The summed E-state index contributed by atoms with van der Waals surface area (Å²) in [6.07, 6.45) is 6.26. The smallest absolute Gasteiger partial charge is 0.123 e. The topological polar surface area (TPSA) is 25.4 Å². The van der Waals surface area contributed by atoms with Crippen LogP contribution >= 0.6 is 23.2 Å². The van der Waals surface area contributed by atoms with Crippen LogP contribution in [0.15, 0.2) is 36.7 Å². The molecular weight excluding hydrogens is 386 g/mol. The number of nitrogens with zero attached hydrogens (tertiary/aromatic N) is 2. The predicted molar refractivity (Wildman–Crippen MR) is 108 cm³/mol. The standard InChI is InChI=1S/C21H25Cl2FN2O/c1-2-27-15-21(8-7-16-3-5-17(24)6-4-16)9-10-26(14-21)13-18-19(22)11-25-12-20(18)23/h3-6,11-12H,2,7-10,13-15H2,1H3/t21-/m0/s1. The first kappa shape index (κ1) is 20.5. The van der Waals surface area contributed by atoms with Crippen LogP contribution in [0.1, 0.15) is 30.9 Å². The number of halogens is 3. The van der Waals surface area contributed by atoms with E-state index in [9.17, 15) is 4.39 Å². The lowest BCUT2D eigenvalue weighted by Crippen LogP contribution is -2.32. The Kier molecular flexibility index (Phi) is 7.10. The maximum absolute atomic E-state index is 13.1. The van der Waals surface area contributed by atoms with Crippen molar-refractivity contribution in [2.75, 3.05) is 26.3 Å². The number of pyridine rings is 1. The van der Waals surface area contributed by atoms with E-state index in [0.717, 1.165) is 50.1 Å². The van der Waals surface area contributed by atoms with Crippen molar-refractivity contribution >= 4 is 23.2 Å². The van der Waals surface area contributed by atoms with Crippen LogP contribution in [0.4, 0.5) is 4.39 Å². The minimum Gasteiger partial charge on any atom is -0.381 e. The van der Waals surface area contributed by atoms with Crippen molar-refractivity contribution in [1.29, 1.82) is 0 Å². The molecule has 2 aromatic rings. The van der Waals surface area contributed by atoms with E-state index in [1.54, 1.807) is 12.4 Å².